The van der Waals surface area contributed by atoms with Crippen molar-refractivity contribution < 1.29 is 14.6 Å². The topological polar surface area (TPSA) is 123 Å². The molecular formula is C17H21N5O3. The Labute approximate surface area is 145 Å². The van der Waals surface area contributed by atoms with Gasteiger partial charge in [-0.05, 0) is 37.3 Å². The molecule has 1 aromatic heterocycles. The van der Waals surface area contributed by atoms with Crippen LogP contribution in [0.1, 0.15) is 12.5 Å². The molecule has 8 nitrogen and oxygen atoms in total. The highest BCUT2D eigenvalue weighted by Gasteiger charge is 2.11. The molecular weight excluding hydrogens is 322 g/mol. The number of hydrogen-bond acceptors (Lipinski definition) is 6. The van der Waals surface area contributed by atoms with Gasteiger partial charge >= 0.3 is 5.97 Å². The average molecular weight is 343 g/mol. The lowest BCUT2D eigenvalue weighted by Gasteiger charge is -2.10. The van der Waals surface area contributed by atoms with E-state index < -0.39 is 11.9 Å². The molecule has 4 N–H and O–H groups in total. The smallest absolute Gasteiger partial charge is 0.309 e. The van der Waals surface area contributed by atoms with Gasteiger partial charge in [-0.3, -0.25) is 9.79 Å². The van der Waals surface area contributed by atoms with Gasteiger partial charge in [0, 0.05) is 24.5 Å². The average Bonchev–Trinajstić information content (AvgIpc) is 2.64. The minimum absolute atomic E-state index is 0.117. The number of aliphatic imine (C=N–C) groups is 1. The molecule has 1 aromatic carbocycles. The van der Waals surface area contributed by atoms with E-state index in [1.807, 2.05) is 0 Å². The largest absolute Gasteiger partial charge is 0.493 e. The minimum Gasteiger partial charge on any atom is -0.493 e. The van der Waals surface area contributed by atoms with E-state index in [0.29, 0.717) is 30.6 Å². The molecule has 0 unspecified atom stereocenters. The molecule has 0 saturated heterocycles. The zero-order chi connectivity index (χ0) is 18.1. The molecule has 0 amide bonds. The first-order valence-electron chi connectivity index (χ1n) is 7.83. The molecule has 0 aliphatic carbocycles. The van der Waals surface area contributed by atoms with Crippen LogP contribution in [-0.4, -0.2) is 46.6 Å². The Kier molecular flexibility index (Phi) is 6.70. The van der Waals surface area contributed by atoms with E-state index in [1.54, 1.807) is 49.6 Å². The summed E-state index contributed by atoms with van der Waals surface area (Å²) in [7, 11) is 0. The number of nitrogens with zero attached hydrogens (tertiary/aromatic N) is 3. The zero-order valence-corrected chi connectivity index (χ0v) is 13.9. The van der Waals surface area contributed by atoms with Crippen molar-refractivity contribution in [2.45, 2.75) is 6.92 Å². The van der Waals surface area contributed by atoms with Gasteiger partial charge < -0.3 is 20.9 Å². The number of ether oxygens (including phenoxy) is 1. The lowest BCUT2D eigenvalue weighted by atomic mass is 10.2. The van der Waals surface area contributed by atoms with Gasteiger partial charge in [0.05, 0.1) is 12.5 Å². The molecule has 0 spiro atoms. The van der Waals surface area contributed by atoms with Crippen molar-refractivity contribution in [2.75, 3.05) is 25.0 Å². The number of carboxylic acids is 1. The summed E-state index contributed by atoms with van der Waals surface area (Å²) in [6.07, 6.45) is 3.32. The standard InChI is InChI=1S/C17H21N5O3/c1-12(16(23)24)11-25-14-5-3-13(4-6-14)15(18)19-9-10-22-17-20-7-2-8-21-17/h2-8,12H,9-11H2,1H3,(H2,18,19)(H,23,24)(H,20,21,22)/t12-/m1/s1. The van der Waals surface area contributed by atoms with Crippen molar-refractivity contribution >= 4 is 17.8 Å². The molecule has 1 atom stereocenters. The lowest BCUT2D eigenvalue weighted by molar-refractivity contribution is -0.142. The first kappa shape index (κ1) is 18.2. The highest BCUT2D eigenvalue weighted by molar-refractivity contribution is 5.97. The lowest BCUT2D eigenvalue weighted by Crippen LogP contribution is -2.18. The van der Waals surface area contributed by atoms with E-state index in [0.717, 1.165) is 5.56 Å². The van der Waals surface area contributed by atoms with Crippen LogP contribution < -0.4 is 15.8 Å². The van der Waals surface area contributed by atoms with Gasteiger partial charge in [-0.1, -0.05) is 0 Å². The summed E-state index contributed by atoms with van der Waals surface area (Å²) in [5.74, 6) is 0.108. The maximum Gasteiger partial charge on any atom is 0.309 e. The van der Waals surface area contributed by atoms with Crippen LogP contribution >= 0.6 is 0 Å². The van der Waals surface area contributed by atoms with Gasteiger partial charge in [0.2, 0.25) is 5.95 Å². The van der Waals surface area contributed by atoms with Crippen LogP contribution in [0.2, 0.25) is 0 Å². The number of hydrogen-bond donors (Lipinski definition) is 3. The quantitative estimate of drug-likeness (QED) is 0.357. The van der Waals surface area contributed by atoms with Gasteiger partial charge in [-0.2, -0.15) is 0 Å². The molecule has 0 aliphatic heterocycles. The summed E-state index contributed by atoms with van der Waals surface area (Å²) in [5.41, 5.74) is 6.73. The van der Waals surface area contributed by atoms with Crippen LogP contribution in [0.25, 0.3) is 0 Å². The van der Waals surface area contributed by atoms with E-state index in [9.17, 15) is 4.79 Å². The Bertz CT molecular complexity index is 704. The molecule has 2 rings (SSSR count). The van der Waals surface area contributed by atoms with Crippen LogP contribution in [0.15, 0.2) is 47.7 Å². The highest BCUT2D eigenvalue weighted by atomic mass is 16.5. The molecule has 8 heteroatoms. The summed E-state index contributed by atoms with van der Waals surface area (Å²) in [6.45, 7) is 2.76. The number of rotatable bonds is 9. The first-order chi connectivity index (χ1) is 12.1. The number of nitrogens with two attached hydrogens (primary N) is 1. The van der Waals surface area contributed by atoms with Gasteiger partial charge in [0.1, 0.15) is 18.2 Å². The Morgan fingerprint density at radius 1 is 1.32 bits per heavy atom. The number of aromatic nitrogens is 2. The predicted molar refractivity (Wildman–Crippen MR) is 94.8 cm³/mol. The third-order valence-electron chi connectivity index (χ3n) is 3.31. The molecule has 0 radical (unpaired) electrons. The maximum atomic E-state index is 10.8. The van der Waals surface area contributed by atoms with Crippen molar-refractivity contribution in [1.82, 2.24) is 9.97 Å². The number of carboxylic acid groups (broad SMARTS) is 1. The van der Waals surface area contributed by atoms with Gasteiger partial charge in [0.25, 0.3) is 0 Å². The number of aliphatic carboxylic acids is 1. The fraction of sp³-hybridized carbons (Fsp3) is 0.294. The fourth-order valence-corrected chi connectivity index (χ4v) is 1.84. The molecule has 0 saturated carbocycles. The van der Waals surface area contributed by atoms with E-state index in [-0.39, 0.29) is 6.61 Å². The Morgan fingerprint density at radius 3 is 2.64 bits per heavy atom. The van der Waals surface area contributed by atoms with Gasteiger partial charge in [0.15, 0.2) is 0 Å². The van der Waals surface area contributed by atoms with Crippen LogP contribution in [0, 0.1) is 5.92 Å². The molecule has 0 aliphatic rings. The monoisotopic (exact) mass is 343 g/mol. The number of nitrogens with one attached hydrogen (secondary N) is 1. The zero-order valence-electron chi connectivity index (χ0n) is 13.9. The summed E-state index contributed by atoms with van der Waals surface area (Å²) in [4.78, 5) is 23.2. The van der Waals surface area contributed by atoms with Crippen LogP contribution in [-0.2, 0) is 4.79 Å². The Hall–Kier alpha value is -3.16. The second-order valence-electron chi connectivity index (χ2n) is 5.34. The van der Waals surface area contributed by atoms with Crippen molar-refractivity contribution in [1.29, 1.82) is 0 Å². The summed E-state index contributed by atoms with van der Waals surface area (Å²) < 4.78 is 5.43. The number of anilines is 1. The highest BCUT2D eigenvalue weighted by Crippen LogP contribution is 2.13. The third-order valence-corrected chi connectivity index (χ3v) is 3.31. The van der Waals surface area contributed by atoms with E-state index in [2.05, 4.69) is 20.3 Å². The van der Waals surface area contributed by atoms with Crippen LogP contribution in [0.3, 0.4) is 0 Å². The third kappa shape index (κ3) is 6.09. The molecule has 2 aromatic rings. The van der Waals surface area contributed by atoms with Crippen LogP contribution in [0.4, 0.5) is 5.95 Å². The van der Waals surface area contributed by atoms with Crippen molar-refractivity contribution in [3.05, 3.63) is 48.3 Å². The normalized spacial score (nSPS) is 12.4. The summed E-state index contributed by atoms with van der Waals surface area (Å²) in [6, 6.07) is 8.79. The maximum absolute atomic E-state index is 10.8. The van der Waals surface area contributed by atoms with Gasteiger partial charge in [-0.15, -0.1) is 0 Å². The molecule has 0 bridgehead atoms. The minimum atomic E-state index is -0.887. The first-order valence-corrected chi connectivity index (χ1v) is 7.83. The van der Waals surface area contributed by atoms with Crippen molar-refractivity contribution in [3.8, 4) is 5.75 Å². The predicted octanol–water partition coefficient (Wildman–Crippen LogP) is 1.39. The second-order valence-corrected chi connectivity index (χ2v) is 5.34. The molecule has 0 fully saturated rings. The van der Waals surface area contributed by atoms with E-state index in [4.69, 9.17) is 15.6 Å². The molecule has 25 heavy (non-hydrogen) atoms. The summed E-state index contributed by atoms with van der Waals surface area (Å²) in [5, 5.41) is 11.9. The fourth-order valence-electron chi connectivity index (χ4n) is 1.84. The number of benzene rings is 1. The van der Waals surface area contributed by atoms with Crippen LogP contribution in [0.5, 0.6) is 5.75 Å². The second kappa shape index (κ2) is 9.21. The molecule has 132 valence electrons. The number of amidine groups is 1. The Balaban J connectivity index is 1.80. The SMILES string of the molecule is C[C@H](COc1ccc(C(N)=NCCNc2ncccn2)cc1)C(=O)O. The Morgan fingerprint density at radius 2 is 2.00 bits per heavy atom. The van der Waals surface area contributed by atoms with Crippen molar-refractivity contribution in [3.63, 3.8) is 0 Å². The van der Waals surface area contributed by atoms with E-state index >= 15 is 0 Å². The van der Waals surface area contributed by atoms with Crippen molar-refractivity contribution in [2.24, 2.45) is 16.6 Å². The van der Waals surface area contributed by atoms with Gasteiger partial charge in [-0.25, -0.2) is 9.97 Å². The number of carbonyl (C=O) groups is 1. The summed E-state index contributed by atoms with van der Waals surface area (Å²) >= 11 is 0. The van der Waals surface area contributed by atoms with E-state index in [1.165, 1.54) is 0 Å². The molecule has 1 heterocycles.